The SMILES string of the molecule is CC(C)c1c2c(nn1C)CCN(c1nc(Nc3ccc(N4CCN(C)CC4)nn3)ncc1F)C2. The van der Waals surface area contributed by atoms with Gasteiger partial charge in [-0.2, -0.15) is 10.1 Å². The van der Waals surface area contributed by atoms with E-state index in [2.05, 4.69) is 61.3 Å². The van der Waals surface area contributed by atoms with Crippen molar-refractivity contribution < 1.29 is 4.39 Å². The molecule has 1 fully saturated rings. The monoisotopic (exact) mass is 466 g/mol. The van der Waals surface area contributed by atoms with Gasteiger partial charge in [0.15, 0.2) is 23.3 Å². The molecule has 0 atom stereocenters. The average molecular weight is 467 g/mol. The van der Waals surface area contributed by atoms with Crippen molar-refractivity contribution >= 4 is 23.4 Å². The maximum atomic E-state index is 14.8. The fourth-order valence-electron chi connectivity index (χ4n) is 4.78. The van der Waals surface area contributed by atoms with Gasteiger partial charge in [-0.1, -0.05) is 13.8 Å². The molecule has 3 aromatic rings. The number of nitrogens with zero attached hydrogens (tertiary/aromatic N) is 9. The van der Waals surface area contributed by atoms with Crippen molar-refractivity contribution in [3.05, 3.63) is 41.1 Å². The molecule has 5 rings (SSSR count). The van der Waals surface area contributed by atoms with Gasteiger partial charge in [0.05, 0.1) is 11.9 Å². The summed E-state index contributed by atoms with van der Waals surface area (Å²) in [6.07, 6.45) is 1.96. The first kappa shape index (κ1) is 22.5. The van der Waals surface area contributed by atoms with E-state index in [0.29, 0.717) is 30.8 Å². The van der Waals surface area contributed by atoms with E-state index < -0.39 is 5.82 Å². The largest absolute Gasteiger partial charge is 0.353 e. The highest BCUT2D eigenvalue weighted by Gasteiger charge is 2.27. The minimum absolute atomic E-state index is 0.281. The number of hydrogen-bond acceptors (Lipinski definition) is 9. The third-order valence-corrected chi connectivity index (χ3v) is 6.53. The molecule has 0 amide bonds. The van der Waals surface area contributed by atoms with Crippen LogP contribution in [0.4, 0.5) is 27.8 Å². The van der Waals surface area contributed by atoms with Crippen molar-refractivity contribution in [1.82, 2.24) is 34.8 Å². The molecule has 0 radical (unpaired) electrons. The summed E-state index contributed by atoms with van der Waals surface area (Å²) < 4.78 is 16.7. The number of hydrogen-bond donors (Lipinski definition) is 1. The van der Waals surface area contributed by atoms with Crippen molar-refractivity contribution in [1.29, 1.82) is 0 Å². The molecule has 5 heterocycles. The molecule has 2 aliphatic heterocycles. The predicted molar refractivity (Wildman–Crippen MR) is 129 cm³/mol. The van der Waals surface area contributed by atoms with E-state index in [9.17, 15) is 4.39 Å². The lowest BCUT2D eigenvalue weighted by Gasteiger charge is -2.32. The fraction of sp³-hybridized carbons (Fsp3) is 0.522. The van der Waals surface area contributed by atoms with Crippen LogP contribution in [0.1, 0.15) is 36.7 Å². The molecular weight excluding hydrogens is 435 g/mol. The Balaban J connectivity index is 1.32. The molecule has 1 saturated heterocycles. The molecule has 3 aromatic heterocycles. The summed E-state index contributed by atoms with van der Waals surface area (Å²) in [7, 11) is 4.09. The molecule has 34 heavy (non-hydrogen) atoms. The lowest BCUT2D eigenvalue weighted by atomic mass is 9.99. The van der Waals surface area contributed by atoms with Gasteiger partial charge in [-0.15, -0.1) is 10.2 Å². The van der Waals surface area contributed by atoms with Gasteiger partial charge in [-0.05, 0) is 25.1 Å². The number of nitrogens with one attached hydrogen (secondary N) is 1. The molecule has 0 bridgehead atoms. The number of aromatic nitrogens is 6. The smallest absolute Gasteiger partial charge is 0.230 e. The van der Waals surface area contributed by atoms with E-state index in [0.717, 1.165) is 44.1 Å². The number of likely N-dealkylation sites (N-methyl/N-ethyl adjacent to an activating group) is 1. The molecule has 0 aliphatic carbocycles. The Hall–Kier alpha value is -3.34. The van der Waals surface area contributed by atoms with Crippen molar-refractivity contribution in [2.24, 2.45) is 7.05 Å². The number of fused-ring (bicyclic) bond motifs is 1. The van der Waals surface area contributed by atoms with Crippen LogP contribution in [0.3, 0.4) is 0 Å². The second-order valence-electron chi connectivity index (χ2n) is 9.32. The van der Waals surface area contributed by atoms with Gasteiger partial charge in [0.25, 0.3) is 0 Å². The van der Waals surface area contributed by atoms with Crippen molar-refractivity contribution in [3.8, 4) is 0 Å². The van der Waals surface area contributed by atoms with Crippen LogP contribution in [-0.2, 0) is 20.0 Å². The zero-order valence-corrected chi connectivity index (χ0v) is 20.2. The molecular formula is C23H31FN10. The zero-order valence-electron chi connectivity index (χ0n) is 20.2. The van der Waals surface area contributed by atoms with E-state index in [1.807, 2.05) is 28.8 Å². The fourth-order valence-corrected chi connectivity index (χ4v) is 4.78. The third kappa shape index (κ3) is 4.39. The molecule has 0 saturated carbocycles. The highest BCUT2D eigenvalue weighted by molar-refractivity contribution is 5.54. The summed E-state index contributed by atoms with van der Waals surface area (Å²) in [6, 6.07) is 3.79. The molecule has 11 heteroatoms. The number of anilines is 4. The van der Waals surface area contributed by atoms with E-state index in [4.69, 9.17) is 0 Å². The van der Waals surface area contributed by atoms with Gasteiger partial charge in [0.1, 0.15) is 0 Å². The number of aryl methyl sites for hydroxylation is 1. The maximum Gasteiger partial charge on any atom is 0.230 e. The summed E-state index contributed by atoms with van der Waals surface area (Å²) >= 11 is 0. The first-order chi connectivity index (χ1) is 16.4. The molecule has 0 aromatic carbocycles. The van der Waals surface area contributed by atoms with Crippen LogP contribution >= 0.6 is 0 Å². The van der Waals surface area contributed by atoms with Gasteiger partial charge in [0.2, 0.25) is 5.95 Å². The lowest BCUT2D eigenvalue weighted by Crippen LogP contribution is -2.44. The number of rotatable bonds is 5. The summed E-state index contributed by atoms with van der Waals surface area (Å²) in [6.45, 7) is 9.38. The standard InChI is InChI=1S/C23H31FN10/c1-15(2)21-16-14-34(8-7-18(16)30-32(21)4)22-17(24)13-25-23(27-22)26-19-5-6-20(29-28-19)33-11-9-31(3)10-12-33/h5-6,13,15H,7-12,14H2,1-4H3,(H,25,26,27,28). The van der Waals surface area contributed by atoms with Crippen LogP contribution in [-0.4, -0.2) is 74.6 Å². The van der Waals surface area contributed by atoms with Crippen LogP contribution in [0.25, 0.3) is 0 Å². The Morgan fingerprint density at radius 1 is 1.00 bits per heavy atom. The quantitative estimate of drug-likeness (QED) is 0.608. The Bertz CT molecular complexity index is 1150. The molecule has 180 valence electrons. The van der Waals surface area contributed by atoms with Crippen molar-refractivity contribution in [3.63, 3.8) is 0 Å². The maximum absolute atomic E-state index is 14.8. The highest BCUT2D eigenvalue weighted by Crippen LogP contribution is 2.30. The number of piperazine rings is 1. The Morgan fingerprint density at radius 3 is 2.50 bits per heavy atom. The Morgan fingerprint density at radius 2 is 1.79 bits per heavy atom. The normalized spacial score (nSPS) is 16.8. The van der Waals surface area contributed by atoms with Gasteiger partial charge < -0.3 is 20.0 Å². The van der Waals surface area contributed by atoms with Crippen molar-refractivity contribution in [2.75, 3.05) is 54.9 Å². The van der Waals surface area contributed by atoms with Gasteiger partial charge in [-0.25, -0.2) is 9.37 Å². The summed E-state index contributed by atoms with van der Waals surface area (Å²) in [5.74, 6) is 1.83. The average Bonchev–Trinajstić information content (AvgIpc) is 3.16. The first-order valence-corrected chi connectivity index (χ1v) is 11.8. The summed E-state index contributed by atoms with van der Waals surface area (Å²) in [5.41, 5.74) is 3.44. The van der Waals surface area contributed by atoms with Crippen LogP contribution in [0.5, 0.6) is 0 Å². The third-order valence-electron chi connectivity index (χ3n) is 6.53. The van der Waals surface area contributed by atoms with E-state index in [1.165, 1.54) is 17.5 Å². The molecule has 1 N–H and O–H groups in total. The van der Waals surface area contributed by atoms with Gasteiger partial charge >= 0.3 is 0 Å². The molecule has 0 spiro atoms. The van der Waals surface area contributed by atoms with Crippen LogP contribution in [0.15, 0.2) is 18.3 Å². The highest BCUT2D eigenvalue weighted by atomic mass is 19.1. The lowest BCUT2D eigenvalue weighted by molar-refractivity contribution is 0.312. The van der Waals surface area contributed by atoms with Crippen LogP contribution < -0.4 is 15.1 Å². The summed E-state index contributed by atoms with van der Waals surface area (Å²) in [5, 5.41) is 16.4. The number of halogens is 1. The molecule has 10 nitrogen and oxygen atoms in total. The molecule has 2 aliphatic rings. The zero-order chi connectivity index (χ0) is 23.8. The van der Waals surface area contributed by atoms with E-state index in [-0.39, 0.29) is 5.82 Å². The van der Waals surface area contributed by atoms with Gasteiger partial charge in [0, 0.05) is 64.0 Å². The Kier molecular flexibility index (Phi) is 6.03. The second-order valence-corrected chi connectivity index (χ2v) is 9.32. The minimum Gasteiger partial charge on any atom is -0.353 e. The first-order valence-electron chi connectivity index (χ1n) is 11.8. The Labute approximate surface area is 198 Å². The van der Waals surface area contributed by atoms with Crippen LogP contribution in [0, 0.1) is 5.82 Å². The van der Waals surface area contributed by atoms with Gasteiger partial charge in [-0.3, -0.25) is 4.68 Å². The van der Waals surface area contributed by atoms with E-state index in [1.54, 1.807) is 0 Å². The summed E-state index contributed by atoms with van der Waals surface area (Å²) in [4.78, 5) is 15.1. The topological polar surface area (TPSA) is 91.1 Å². The predicted octanol–water partition coefficient (Wildman–Crippen LogP) is 2.32. The van der Waals surface area contributed by atoms with Crippen LogP contribution in [0.2, 0.25) is 0 Å². The van der Waals surface area contributed by atoms with E-state index >= 15 is 0 Å². The molecule has 0 unspecified atom stereocenters. The van der Waals surface area contributed by atoms with Crippen molar-refractivity contribution in [2.45, 2.75) is 32.7 Å². The minimum atomic E-state index is -0.444. The second kappa shape index (κ2) is 9.13.